The molecule has 1 aromatic carbocycles. The van der Waals surface area contributed by atoms with Crippen LogP contribution in [0.2, 0.25) is 0 Å². The van der Waals surface area contributed by atoms with E-state index in [1.165, 1.54) is 18.3 Å². The molecule has 0 aliphatic carbocycles. The summed E-state index contributed by atoms with van der Waals surface area (Å²) in [6.07, 6.45) is 0.305. The molecule has 100 valence electrons. The van der Waals surface area contributed by atoms with Crippen LogP contribution in [-0.2, 0) is 0 Å². The number of methoxy groups -OCH3 is 1. The van der Waals surface area contributed by atoms with Crippen LogP contribution in [0, 0.1) is 0 Å². The zero-order valence-corrected chi connectivity index (χ0v) is 10.6. The van der Waals surface area contributed by atoms with Gasteiger partial charge in [-0.25, -0.2) is 9.78 Å². The van der Waals surface area contributed by atoms with Crippen LogP contribution in [0.1, 0.15) is 17.4 Å². The molecule has 7 heteroatoms. The number of nitrogens with one attached hydrogen (secondary N) is 1. The maximum absolute atomic E-state index is 11.2. The maximum atomic E-state index is 11.2. The number of amides is 1. The van der Waals surface area contributed by atoms with Gasteiger partial charge in [-0.2, -0.15) is 5.10 Å². The van der Waals surface area contributed by atoms with Gasteiger partial charge in [0.1, 0.15) is 18.1 Å². The number of carbonyl (C=O) groups is 1. The summed E-state index contributed by atoms with van der Waals surface area (Å²) < 4.78 is 5.08. The number of aromatic nitrogens is 3. The summed E-state index contributed by atoms with van der Waals surface area (Å²) in [6.45, 7) is 0. The SMILES string of the molecule is COc1ccc(C(c2ncn[nH]2)N(C)C(=O)O)cc1. The molecule has 0 aliphatic rings. The molecule has 1 unspecified atom stereocenters. The number of ether oxygens (including phenoxy) is 1. The Balaban J connectivity index is 2.39. The van der Waals surface area contributed by atoms with Gasteiger partial charge in [0, 0.05) is 7.05 Å². The fourth-order valence-electron chi connectivity index (χ4n) is 1.81. The molecule has 0 fully saturated rings. The molecule has 2 rings (SSSR count). The number of hydrogen-bond donors (Lipinski definition) is 2. The van der Waals surface area contributed by atoms with Crippen LogP contribution in [0.25, 0.3) is 0 Å². The topological polar surface area (TPSA) is 91.3 Å². The molecule has 2 aromatic rings. The lowest BCUT2D eigenvalue weighted by atomic mass is 10.1. The first-order valence-electron chi connectivity index (χ1n) is 5.58. The molecule has 1 amide bonds. The third-order valence-corrected chi connectivity index (χ3v) is 2.81. The molecule has 0 bridgehead atoms. The molecule has 19 heavy (non-hydrogen) atoms. The van der Waals surface area contributed by atoms with Crippen LogP contribution < -0.4 is 4.74 Å². The van der Waals surface area contributed by atoms with Crippen LogP contribution >= 0.6 is 0 Å². The number of rotatable bonds is 4. The van der Waals surface area contributed by atoms with E-state index in [9.17, 15) is 4.79 Å². The molecule has 0 aliphatic heterocycles. The first-order chi connectivity index (χ1) is 9.13. The van der Waals surface area contributed by atoms with Gasteiger partial charge in [0.25, 0.3) is 0 Å². The summed E-state index contributed by atoms with van der Waals surface area (Å²) in [5.74, 6) is 1.17. The van der Waals surface area contributed by atoms with Gasteiger partial charge in [0.2, 0.25) is 0 Å². The fraction of sp³-hybridized carbons (Fsp3) is 0.250. The van der Waals surface area contributed by atoms with Gasteiger partial charge in [-0.05, 0) is 17.7 Å². The lowest BCUT2D eigenvalue weighted by Crippen LogP contribution is -2.31. The van der Waals surface area contributed by atoms with E-state index in [0.29, 0.717) is 11.6 Å². The molecule has 0 saturated carbocycles. The average molecular weight is 262 g/mol. The van der Waals surface area contributed by atoms with Crippen molar-refractivity contribution in [2.75, 3.05) is 14.2 Å². The summed E-state index contributed by atoms with van der Waals surface area (Å²) in [5, 5.41) is 15.6. The summed E-state index contributed by atoms with van der Waals surface area (Å²) in [6, 6.07) is 6.60. The van der Waals surface area contributed by atoms with Gasteiger partial charge in [-0.15, -0.1) is 0 Å². The van der Waals surface area contributed by atoms with Gasteiger partial charge >= 0.3 is 6.09 Å². The van der Waals surface area contributed by atoms with Crippen LogP contribution in [0.5, 0.6) is 5.75 Å². The van der Waals surface area contributed by atoms with Crippen LogP contribution in [0.4, 0.5) is 4.79 Å². The second-order valence-corrected chi connectivity index (χ2v) is 3.94. The highest BCUT2D eigenvalue weighted by atomic mass is 16.5. The second kappa shape index (κ2) is 5.38. The Kier molecular flexibility index (Phi) is 3.65. The van der Waals surface area contributed by atoms with Crippen molar-refractivity contribution in [1.29, 1.82) is 0 Å². The average Bonchev–Trinajstić information content (AvgIpc) is 2.93. The van der Waals surface area contributed by atoms with Crippen LogP contribution in [-0.4, -0.2) is 45.4 Å². The van der Waals surface area contributed by atoms with Crippen LogP contribution in [0.15, 0.2) is 30.6 Å². The fourth-order valence-corrected chi connectivity index (χ4v) is 1.81. The van der Waals surface area contributed by atoms with Crippen LogP contribution in [0.3, 0.4) is 0 Å². The lowest BCUT2D eigenvalue weighted by Gasteiger charge is -2.24. The minimum Gasteiger partial charge on any atom is -0.497 e. The van der Waals surface area contributed by atoms with Crippen molar-refractivity contribution >= 4 is 6.09 Å². The maximum Gasteiger partial charge on any atom is 0.407 e. The second-order valence-electron chi connectivity index (χ2n) is 3.94. The first-order valence-corrected chi connectivity index (χ1v) is 5.58. The monoisotopic (exact) mass is 262 g/mol. The predicted molar refractivity (Wildman–Crippen MR) is 67.0 cm³/mol. The van der Waals surface area contributed by atoms with Crippen molar-refractivity contribution < 1.29 is 14.6 Å². The van der Waals surface area contributed by atoms with Gasteiger partial charge in [-0.1, -0.05) is 12.1 Å². The van der Waals surface area contributed by atoms with E-state index >= 15 is 0 Å². The smallest absolute Gasteiger partial charge is 0.407 e. The summed E-state index contributed by atoms with van der Waals surface area (Å²) in [7, 11) is 3.06. The molecule has 1 heterocycles. The molecule has 2 N–H and O–H groups in total. The van der Waals surface area contributed by atoms with Crippen molar-refractivity contribution in [2.24, 2.45) is 0 Å². The van der Waals surface area contributed by atoms with E-state index in [0.717, 1.165) is 5.56 Å². The number of aromatic amines is 1. The number of carboxylic acid groups (broad SMARTS) is 1. The number of hydrogen-bond acceptors (Lipinski definition) is 4. The van der Waals surface area contributed by atoms with Crippen molar-refractivity contribution in [3.63, 3.8) is 0 Å². The molecule has 0 saturated heterocycles. The largest absolute Gasteiger partial charge is 0.497 e. The Morgan fingerprint density at radius 1 is 1.42 bits per heavy atom. The predicted octanol–water partition coefficient (Wildman–Crippen LogP) is 1.51. The molecule has 0 radical (unpaired) electrons. The number of H-pyrrole nitrogens is 1. The minimum absolute atomic E-state index is 0.468. The number of nitrogens with zero attached hydrogens (tertiary/aromatic N) is 3. The summed E-state index contributed by atoms with van der Waals surface area (Å²) >= 11 is 0. The van der Waals surface area contributed by atoms with E-state index < -0.39 is 12.1 Å². The highest BCUT2D eigenvalue weighted by Gasteiger charge is 2.25. The lowest BCUT2D eigenvalue weighted by molar-refractivity contribution is 0.144. The Morgan fingerprint density at radius 3 is 2.58 bits per heavy atom. The van der Waals surface area contributed by atoms with Crippen molar-refractivity contribution in [3.8, 4) is 5.75 Å². The highest BCUT2D eigenvalue weighted by molar-refractivity contribution is 5.66. The van der Waals surface area contributed by atoms with Gasteiger partial charge in [0.05, 0.1) is 7.11 Å². The van der Waals surface area contributed by atoms with Crippen molar-refractivity contribution in [3.05, 3.63) is 42.0 Å². The van der Waals surface area contributed by atoms with Gasteiger partial charge in [0.15, 0.2) is 5.82 Å². The van der Waals surface area contributed by atoms with E-state index in [-0.39, 0.29) is 0 Å². The molecule has 7 nitrogen and oxygen atoms in total. The Labute approximate surface area is 109 Å². The molecular formula is C12H14N4O3. The minimum atomic E-state index is -1.04. The van der Waals surface area contributed by atoms with E-state index in [1.807, 2.05) is 0 Å². The Bertz CT molecular complexity index is 539. The van der Waals surface area contributed by atoms with Crippen molar-refractivity contribution in [2.45, 2.75) is 6.04 Å². The standard InChI is InChI=1S/C12H14N4O3/c1-16(12(17)18)10(11-13-7-14-15-11)8-3-5-9(19-2)6-4-8/h3-7,10H,1-2H3,(H,17,18)(H,13,14,15). The molecule has 0 spiro atoms. The summed E-state index contributed by atoms with van der Waals surface area (Å²) in [4.78, 5) is 16.4. The van der Waals surface area contributed by atoms with Gasteiger partial charge in [-0.3, -0.25) is 10.00 Å². The Hall–Kier alpha value is -2.57. The normalized spacial score (nSPS) is 11.9. The molecular weight excluding hydrogens is 248 g/mol. The molecule has 1 aromatic heterocycles. The van der Waals surface area contributed by atoms with Gasteiger partial charge < -0.3 is 9.84 Å². The van der Waals surface area contributed by atoms with E-state index in [1.54, 1.807) is 31.4 Å². The Morgan fingerprint density at radius 2 is 2.11 bits per heavy atom. The third kappa shape index (κ3) is 2.65. The molecule has 1 atom stereocenters. The first kappa shape index (κ1) is 12.9. The zero-order chi connectivity index (χ0) is 13.8. The van der Waals surface area contributed by atoms with Crippen molar-refractivity contribution in [1.82, 2.24) is 20.1 Å². The number of benzene rings is 1. The highest BCUT2D eigenvalue weighted by Crippen LogP contribution is 2.26. The quantitative estimate of drug-likeness (QED) is 0.871. The third-order valence-electron chi connectivity index (χ3n) is 2.81. The van der Waals surface area contributed by atoms with E-state index in [4.69, 9.17) is 9.84 Å². The van der Waals surface area contributed by atoms with E-state index in [2.05, 4.69) is 15.2 Å². The summed E-state index contributed by atoms with van der Waals surface area (Å²) in [5.41, 5.74) is 0.780. The zero-order valence-electron chi connectivity index (χ0n) is 10.6.